The Bertz CT molecular complexity index is 846. The fourth-order valence-electron chi connectivity index (χ4n) is 3.22. The van der Waals surface area contributed by atoms with Crippen molar-refractivity contribution in [2.24, 2.45) is 0 Å². The molecule has 23 heavy (non-hydrogen) atoms. The van der Waals surface area contributed by atoms with E-state index in [4.69, 9.17) is 0 Å². The number of aryl methyl sites for hydroxylation is 2. The number of aromatic nitrogens is 1. The summed E-state index contributed by atoms with van der Waals surface area (Å²) in [6.45, 7) is 0. The standard InChI is InChI=1S/C21H17NO/c23-17-7-3-5-15(13-17)14-20-18-8-2-1-6-16(18)10-11-21-19(20)9-4-12-22-21/h1-9,12-14,23H,10-11H2/b20-14-. The number of nitrogens with zero attached hydrogens (tertiary/aromatic N) is 1. The van der Waals surface area contributed by atoms with Crippen molar-refractivity contribution in [3.63, 3.8) is 0 Å². The van der Waals surface area contributed by atoms with Gasteiger partial charge in [-0.25, -0.2) is 0 Å². The van der Waals surface area contributed by atoms with Crippen LogP contribution in [0.1, 0.15) is 27.9 Å². The van der Waals surface area contributed by atoms with Crippen molar-refractivity contribution in [2.45, 2.75) is 12.8 Å². The van der Waals surface area contributed by atoms with Crippen molar-refractivity contribution in [2.75, 3.05) is 0 Å². The number of phenolic OH excluding ortho intramolecular Hbond substituents is 1. The lowest BCUT2D eigenvalue weighted by Gasteiger charge is -2.11. The molecular weight excluding hydrogens is 282 g/mol. The molecule has 1 aliphatic rings. The van der Waals surface area contributed by atoms with Gasteiger partial charge in [-0.1, -0.05) is 42.5 Å². The SMILES string of the molecule is Oc1cccc(/C=C2/c3ccccc3CCc3ncccc32)c1. The molecule has 0 saturated heterocycles. The van der Waals surface area contributed by atoms with Crippen LogP contribution in [0.4, 0.5) is 0 Å². The van der Waals surface area contributed by atoms with E-state index in [1.165, 1.54) is 22.3 Å². The molecule has 0 bridgehead atoms. The highest BCUT2D eigenvalue weighted by molar-refractivity contribution is 5.93. The van der Waals surface area contributed by atoms with Crippen LogP contribution < -0.4 is 0 Å². The van der Waals surface area contributed by atoms with Crippen LogP contribution in [0, 0.1) is 0 Å². The second kappa shape index (κ2) is 5.73. The Morgan fingerprint density at radius 1 is 0.870 bits per heavy atom. The third kappa shape index (κ3) is 2.64. The number of fused-ring (bicyclic) bond motifs is 2. The van der Waals surface area contributed by atoms with Gasteiger partial charge in [-0.3, -0.25) is 4.98 Å². The Morgan fingerprint density at radius 3 is 2.65 bits per heavy atom. The zero-order valence-corrected chi connectivity index (χ0v) is 12.7. The largest absolute Gasteiger partial charge is 0.508 e. The molecule has 3 aromatic rings. The third-order valence-corrected chi connectivity index (χ3v) is 4.30. The third-order valence-electron chi connectivity index (χ3n) is 4.30. The number of benzene rings is 2. The van der Waals surface area contributed by atoms with E-state index in [9.17, 15) is 5.11 Å². The summed E-state index contributed by atoms with van der Waals surface area (Å²) in [6.07, 6.45) is 5.95. The highest BCUT2D eigenvalue weighted by Crippen LogP contribution is 2.34. The van der Waals surface area contributed by atoms with E-state index >= 15 is 0 Å². The van der Waals surface area contributed by atoms with Crippen LogP contribution in [0.15, 0.2) is 66.9 Å². The summed E-state index contributed by atoms with van der Waals surface area (Å²) >= 11 is 0. The summed E-state index contributed by atoms with van der Waals surface area (Å²) in [7, 11) is 0. The Labute approximate surface area is 135 Å². The Hall–Kier alpha value is -2.87. The Morgan fingerprint density at radius 2 is 1.74 bits per heavy atom. The first kappa shape index (κ1) is 13.8. The number of hydrogen-bond acceptors (Lipinski definition) is 2. The molecule has 2 aromatic carbocycles. The zero-order valence-electron chi connectivity index (χ0n) is 12.7. The maximum atomic E-state index is 9.75. The van der Waals surface area contributed by atoms with Crippen LogP contribution in [0.5, 0.6) is 5.75 Å². The lowest BCUT2D eigenvalue weighted by atomic mass is 9.93. The lowest BCUT2D eigenvalue weighted by Crippen LogP contribution is -1.95. The van der Waals surface area contributed by atoms with Gasteiger partial charge in [0.25, 0.3) is 0 Å². The van der Waals surface area contributed by atoms with Crippen LogP contribution in [0.3, 0.4) is 0 Å². The molecule has 0 unspecified atom stereocenters. The van der Waals surface area contributed by atoms with Gasteiger partial charge >= 0.3 is 0 Å². The minimum Gasteiger partial charge on any atom is -0.508 e. The number of pyridine rings is 1. The van der Waals surface area contributed by atoms with Crippen LogP contribution in [-0.4, -0.2) is 10.1 Å². The van der Waals surface area contributed by atoms with Gasteiger partial charge in [0.2, 0.25) is 0 Å². The van der Waals surface area contributed by atoms with Gasteiger partial charge in [-0.05, 0) is 59.4 Å². The fraction of sp³-hybridized carbons (Fsp3) is 0.0952. The number of phenols is 1. The summed E-state index contributed by atoms with van der Waals surface area (Å²) < 4.78 is 0. The number of hydrogen-bond donors (Lipinski definition) is 1. The maximum Gasteiger partial charge on any atom is 0.116 e. The van der Waals surface area contributed by atoms with E-state index in [0.717, 1.165) is 24.1 Å². The average Bonchev–Trinajstić information content (AvgIpc) is 2.73. The number of rotatable bonds is 1. The predicted molar refractivity (Wildman–Crippen MR) is 93.2 cm³/mol. The molecule has 112 valence electrons. The Kier molecular flexibility index (Phi) is 3.43. The van der Waals surface area contributed by atoms with E-state index in [-0.39, 0.29) is 5.75 Å². The predicted octanol–water partition coefficient (Wildman–Crippen LogP) is 4.47. The average molecular weight is 299 g/mol. The molecule has 1 aliphatic carbocycles. The fourth-order valence-corrected chi connectivity index (χ4v) is 3.22. The quantitative estimate of drug-likeness (QED) is 0.719. The van der Waals surface area contributed by atoms with Crippen LogP contribution >= 0.6 is 0 Å². The van der Waals surface area contributed by atoms with E-state index < -0.39 is 0 Å². The first-order valence-electron chi connectivity index (χ1n) is 7.84. The van der Waals surface area contributed by atoms with Crippen LogP contribution in [-0.2, 0) is 12.8 Å². The molecule has 0 fully saturated rings. The molecular formula is C21H17NO. The van der Waals surface area contributed by atoms with E-state index in [2.05, 4.69) is 41.4 Å². The summed E-state index contributed by atoms with van der Waals surface area (Å²) in [4.78, 5) is 4.58. The van der Waals surface area contributed by atoms with E-state index in [1.807, 2.05) is 24.4 Å². The second-order valence-corrected chi connectivity index (χ2v) is 5.81. The summed E-state index contributed by atoms with van der Waals surface area (Å²) in [5.41, 5.74) is 7.08. The number of aromatic hydroxyl groups is 1. The minimum absolute atomic E-state index is 0.285. The molecule has 0 aliphatic heterocycles. The smallest absolute Gasteiger partial charge is 0.116 e. The van der Waals surface area contributed by atoms with E-state index in [1.54, 1.807) is 12.1 Å². The zero-order chi connectivity index (χ0) is 15.6. The van der Waals surface area contributed by atoms with Gasteiger partial charge in [-0.15, -0.1) is 0 Å². The molecule has 4 rings (SSSR count). The molecule has 1 N–H and O–H groups in total. The van der Waals surface area contributed by atoms with Crippen molar-refractivity contribution in [3.8, 4) is 5.75 Å². The molecule has 2 heteroatoms. The first-order chi connectivity index (χ1) is 11.3. The van der Waals surface area contributed by atoms with Crippen molar-refractivity contribution >= 4 is 11.6 Å². The van der Waals surface area contributed by atoms with Crippen molar-refractivity contribution in [3.05, 3.63) is 94.8 Å². The first-order valence-corrected chi connectivity index (χ1v) is 7.84. The molecule has 0 atom stereocenters. The monoisotopic (exact) mass is 299 g/mol. The highest BCUT2D eigenvalue weighted by atomic mass is 16.3. The van der Waals surface area contributed by atoms with Gasteiger partial charge in [-0.2, -0.15) is 0 Å². The molecule has 1 aromatic heterocycles. The molecule has 1 heterocycles. The van der Waals surface area contributed by atoms with E-state index in [0.29, 0.717) is 0 Å². The maximum absolute atomic E-state index is 9.75. The van der Waals surface area contributed by atoms with Gasteiger partial charge < -0.3 is 5.11 Å². The molecule has 0 amide bonds. The van der Waals surface area contributed by atoms with Gasteiger partial charge in [0.1, 0.15) is 5.75 Å². The van der Waals surface area contributed by atoms with Crippen molar-refractivity contribution < 1.29 is 5.11 Å². The molecule has 0 saturated carbocycles. The lowest BCUT2D eigenvalue weighted by molar-refractivity contribution is 0.475. The summed E-state index contributed by atoms with van der Waals surface area (Å²) in [5, 5.41) is 9.75. The second-order valence-electron chi connectivity index (χ2n) is 5.81. The summed E-state index contributed by atoms with van der Waals surface area (Å²) in [6, 6.07) is 20.0. The molecule has 0 radical (unpaired) electrons. The van der Waals surface area contributed by atoms with Crippen LogP contribution in [0.25, 0.3) is 11.6 Å². The van der Waals surface area contributed by atoms with Gasteiger partial charge in [0, 0.05) is 17.5 Å². The Balaban J connectivity index is 1.97. The van der Waals surface area contributed by atoms with Crippen LogP contribution in [0.2, 0.25) is 0 Å². The molecule has 0 spiro atoms. The topological polar surface area (TPSA) is 33.1 Å². The highest BCUT2D eigenvalue weighted by Gasteiger charge is 2.18. The van der Waals surface area contributed by atoms with Gasteiger partial charge in [0.05, 0.1) is 0 Å². The van der Waals surface area contributed by atoms with Crippen molar-refractivity contribution in [1.82, 2.24) is 4.98 Å². The normalized spacial score (nSPS) is 14.9. The van der Waals surface area contributed by atoms with Gasteiger partial charge in [0.15, 0.2) is 0 Å². The van der Waals surface area contributed by atoms with Crippen molar-refractivity contribution in [1.29, 1.82) is 0 Å². The summed E-state index contributed by atoms with van der Waals surface area (Å²) in [5.74, 6) is 0.285. The minimum atomic E-state index is 0.285. The molecule has 2 nitrogen and oxygen atoms in total.